The van der Waals surface area contributed by atoms with Crippen molar-refractivity contribution in [2.24, 2.45) is 5.10 Å². The highest BCUT2D eigenvalue weighted by Gasteiger charge is 2.13. The maximum Gasteiger partial charge on any atom is 0.270 e. The number of nitrogens with zero attached hydrogens (tertiary/aromatic N) is 3. The Labute approximate surface area is 151 Å². The molecule has 2 heterocycles. The molecule has 0 aliphatic rings. The smallest absolute Gasteiger partial charge is 0.270 e. The molecule has 0 bridgehead atoms. The molecule has 9 nitrogen and oxygen atoms in total. The zero-order valence-corrected chi connectivity index (χ0v) is 14.1. The average molecular weight is 374 g/mol. The van der Waals surface area contributed by atoms with E-state index in [0.29, 0.717) is 22.8 Å². The molecule has 0 spiro atoms. The third-order valence-electron chi connectivity index (χ3n) is 3.29. The summed E-state index contributed by atoms with van der Waals surface area (Å²) >= 11 is 6.08. The monoisotopic (exact) mass is 373 g/mol. The van der Waals surface area contributed by atoms with E-state index in [9.17, 15) is 14.9 Å². The van der Waals surface area contributed by atoms with Crippen LogP contribution in [-0.4, -0.2) is 21.1 Å². The van der Waals surface area contributed by atoms with E-state index in [-0.39, 0.29) is 22.2 Å². The molecule has 0 amide bonds. The molecule has 0 atom stereocenters. The molecular weight excluding hydrogens is 362 g/mol. The molecule has 0 radical (unpaired) electrons. The highest BCUT2D eigenvalue weighted by molar-refractivity contribution is 6.33. The Morgan fingerprint density at radius 2 is 2.15 bits per heavy atom. The Balaban J connectivity index is 1.75. The Bertz CT molecular complexity index is 1060. The molecule has 0 unspecified atom stereocenters. The van der Waals surface area contributed by atoms with Gasteiger partial charge in [-0.2, -0.15) is 5.10 Å². The first kappa shape index (κ1) is 17.4. The van der Waals surface area contributed by atoms with E-state index in [1.807, 2.05) is 0 Å². The second-order valence-electron chi connectivity index (χ2n) is 5.23. The number of H-pyrrole nitrogens is 1. The van der Waals surface area contributed by atoms with Crippen LogP contribution in [0, 0.1) is 17.0 Å². The van der Waals surface area contributed by atoms with Crippen LogP contribution in [0.15, 0.2) is 50.7 Å². The van der Waals surface area contributed by atoms with E-state index < -0.39 is 4.92 Å². The van der Waals surface area contributed by atoms with Crippen LogP contribution < -0.4 is 11.0 Å². The number of aromatic nitrogens is 2. The molecule has 0 saturated carbocycles. The molecule has 1 aromatic carbocycles. The van der Waals surface area contributed by atoms with E-state index in [2.05, 4.69) is 20.5 Å². The van der Waals surface area contributed by atoms with E-state index in [4.69, 9.17) is 16.0 Å². The number of hydrazone groups is 1. The number of furan rings is 1. The van der Waals surface area contributed by atoms with Gasteiger partial charge in [-0.1, -0.05) is 11.6 Å². The van der Waals surface area contributed by atoms with Crippen LogP contribution in [0.2, 0.25) is 5.02 Å². The standard InChI is InChI=1S/C16H12ClN5O4/c1-9-6-15(23)20-16(19-9)21-18-8-11-3-5-14(26-11)12-4-2-10(22(24)25)7-13(12)17/h2-8H,1H3,(H2,19,20,21,23)/b18-8-. The van der Waals surface area contributed by atoms with Crippen LogP contribution in [0.25, 0.3) is 11.3 Å². The Morgan fingerprint density at radius 3 is 2.85 bits per heavy atom. The van der Waals surface area contributed by atoms with Gasteiger partial charge in [-0.3, -0.25) is 19.9 Å². The predicted octanol–water partition coefficient (Wildman–Crippen LogP) is 3.35. The Hall–Kier alpha value is -3.46. The second-order valence-corrected chi connectivity index (χ2v) is 5.64. The number of benzene rings is 1. The van der Waals surface area contributed by atoms with Crippen molar-refractivity contribution in [3.63, 3.8) is 0 Å². The van der Waals surface area contributed by atoms with Crippen molar-refractivity contribution in [3.05, 3.63) is 73.3 Å². The van der Waals surface area contributed by atoms with Crippen LogP contribution >= 0.6 is 11.6 Å². The maximum absolute atomic E-state index is 11.3. The summed E-state index contributed by atoms with van der Waals surface area (Å²) in [4.78, 5) is 28.1. The number of nitro benzene ring substituents is 1. The summed E-state index contributed by atoms with van der Waals surface area (Å²) in [5, 5.41) is 14.9. The van der Waals surface area contributed by atoms with Crippen molar-refractivity contribution in [1.82, 2.24) is 9.97 Å². The molecule has 3 rings (SSSR count). The van der Waals surface area contributed by atoms with Crippen molar-refractivity contribution in [3.8, 4) is 11.3 Å². The number of anilines is 1. The van der Waals surface area contributed by atoms with Crippen LogP contribution in [0.4, 0.5) is 11.6 Å². The lowest BCUT2D eigenvalue weighted by molar-refractivity contribution is -0.384. The number of non-ortho nitro benzene ring substituents is 1. The van der Waals surface area contributed by atoms with Crippen molar-refractivity contribution < 1.29 is 9.34 Å². The molecule has 132 valence electrons. The zero-order chi connectivity index (χ0) is 18.7. The fourth-order valence-electron chi connectivity index (χ4n) is 2.17. The van der Waals surface area contributed by atoms with Gasteiger partial charge in [0.05, 0.1) is 16.2 Å². The van der Waals surface area contributed by atoms with Gasteiger partial charge in [-0.15, -0.1) is 0 Å². The van der Waals surface area contributed by atoms with Crippen LogP contribution in [-0.2, 0) is 0 Å². The Morgan fingerprint density at radius 1 is 1.35 bits per heavy atom. The lowest BCUT2D eigenvalue weighted by Crippen LogP contribution is -2.10. The zero-order valence-electron chi connectivity index (χ0n) is 13.4. The highest BCUT2D eigenvalue weighted by Crippen LogP contribution is 2.31. The molecule has 26 heavy (non-hydrogen) atoms. The predicted molar refractivity (Wildman–Crippen MR) is 96.6 cm³/mol. The number of hydrogen-bond donors (Lipinski definition) is 2. The van der Waals surface area contributed by atoms with Crippen molar-refractivity contribution in [1.29, 1.82) is 0 Å². The SMILES string of the molecule is Cc1cc(=O)[nH]c(N/N=C\c2ccc(-c3ccc([N+](=O)[O-])cc3Cl)o2)n1. The fourth-order valence-corrected chi connectivity index (χ4v) is 2.44. The lowest BCUT2D eigenvalue weighted by atomic mass is 10.1. The van der Waals surface area contributed by atoms with Crippen LogP contribution in [0.5, 0.6) is 0 Å². The average Bonchev–Trinajstić information content (AvgIpc) is 3.02. The van der Waals surface area contributed by atoms with Gasteiger partial charge < -0.3 is 4.42 Å². The summed E-state index contributed by atoms with van der Waals surface area (Å²) in [6.07, 6.45) is 1.39. The number of aryl methyl sites for hydroxylation is 1. The molecular formula is C16H12ClN5O4. The number of nitro groups is 1. The third kappa shape index (κ3) is 3.95. The molecule has 0 aliphatic heterocycles. The summed E-state index contributed by atoms with van der Waals surface area (Å²) in [7, 11) is 0. The van der Waals surface area contributed by atoms with E-state index >= 15 is 0 Å². The summed E-state index contributed by atoms with van der Waals surface area (Å²) in [6, 6.07) is 8.81. The molecule has 10 heteroatoms. The number of aromatic amines is 1. The fraction of sp³-hybridized carbons (Fsp3) is 0.0625. The number of nitrogens with one attached hydrogen (secondary N) is 2. The topological polar surface area (TPSA) is 126 Å². The molecule has 0 aliphatic carbocycles. The Kier molecular flexibility index (Phi) is 4.81. The quantitative estimate of drug-likeness (QED) is 0.401. The van der Waals surface area contributed by atoms with Crippen LogP contribution in [0.3, 0.4) is 0 Å². The van der Waals surface area contributed by atoms with E-state index in [1.54, 1.807) is 19.1 Å². The van der Waals surface area contributed by atoms with Crippen LogP contribution in [0.1, 0.15) is 11.5 Å². The molecule has 2 N–H and O–H groups in total. The van der Waals surface area contributed by atoms with E-state index in [1.165, 1.54) is 30.5 Å². The van der Waals surface area contributed by atoms with Gasteiger partial charge in [0, 0.05) is 29.5 Å². The lowest BCUT2D eigenvalue weighted by Gasteiger charge is -2.00. The maximum atomic E-state index is 11.3. The van der Waals surface area contributed by atoms with Gasteiger partial charge in [0.15, 0.2) is 0 Å². The van der Waals surface area contributed by atoms with Crippen molar-refractivity contribution in [2.45, 2.75) is 6.92 Å². The van der Waals surface area contributed by atoms with Crippen molar-refractivity contribution in [2.75, 3.05) is 5.43 Å². The van der Waals surface area contributed by atoms with Gasteiger partial charge in [-0.05, 0) is 25.1 Å². The summed E-state index contributed by atoms with van der Waals surface area (Å²) < 4.78 is 5.60. The molecule has 0 saturated heterocycles. The molecule has 3 aromatic rings. The minimum absolute atomic E-state index is 0.101. The van der Waals surface area contributed by atoms with E-state index in [0.717, 1.165) is 0 Å². The van der Waals surface area contributed by atoms with Gasteiger partial charge in [-0.25, -0.2) is 10.4 Å². The molecule has 0 fully saturated rings. The first-order valence-electron chi connectivity index (χ1n) is 7.33. The van der Waals surface area contributed by atoms with Gasteiger partial charge in [0.1, 0.15) is 11.5 Å². The number of rotatable bonds is 5. The first-order valence-corrected chi connectivity index (χ1v) is 7.71. The molecule has 2 aromatic heterocycles. The second kappa shape index (κ2) is 7.19. The first-order chi connectivity index (χ1) is 12.4. The van der Waals surface area contributed by atoms with Gasteiger partial charge in [0.2, 0.25) is 5.95 Å². The number of hydrogen-bond acceptors (Lipinski definition) is 7. The number of halogens is 1. The minimum Gasteiger partial charge on any atom is -0.455 e. The largest absolute Gasteiger partial charge is 0.455 e. The minimum atomic E-state index is -0.523. The summed E-state index contributed by atoms with van der Waals surface area (Å²) in [5.41, 5.74) is 3.29. The normalized spacial score (nSPS) is 11.0. The summed E-state index contributed by atoms with van der Waals surface area (Å²) in [5.74, 6) is 1.06. The van der Waals surface area contributed by atoms with Gasteiger partial charge >= 0.3 is 0 Å². The third-order valence-corrected chi connectivity index (χ3v) is 3.60. The van der Waals surface area contributed by atoms with Gasteiger partial charge in [0.25, 0.3) is 11.2 Å². The highest BCUT2D eigenvalue weighted by atomic mass is 35.5. The van der Waals surface area contributed by atoms with Crippen molar-refractivity contribution >= 4 is 29.5 Å². The summed E-state index contributed by atoms with van der Waals surface area (Å²) in [6.45, 7) is 1.69.